The summed E-state index contributed by atoms with van der Waals surface area (Å²) in [6, 6.07) is 13.9. The number of ether oxygens (including phenoxy) is 1. The van der Waals surface area contributed by atoms with E-state index < -0.39 is 11.9 Å². The van der Waals surface area contributed by atoms with Gasteiger partial charge in [0.05, 0.1) is 5.69 Å². The van der Waals surface area contributed by atoms with Crippen LogP contribution in [0.15, 0.2) is 48.5 Å². The molecule has 0 radical (unpaired) electrons. The molecule has 0 saturated carbocycles. The molecule has 2 N–H and O–H groups in total. The van der Waals surface area contributed by atoms with Crippen LogP contribution in [-0.4, -0.2) is 16.9 Å². The van der Waals surface area contributed by atoms with Crippen LogP contribution in [0, 0.1) is 6.92 Å². The van der Waals surface area contributed by atoms with E-state index in [1.54, 1.807) is 43.3 Å². The molecule has 0 aliphatic carbocycles. The average molecular weight is 387 g/mol. The largest absolute Gasteiger partial charge is 0.457 e. The number of nitrogens with two attached hydrogens (primary N) is 1. The lowest BCUT2D eigenvalue weighted by atomic mass is 10.1. The van der Waals surface area contributed by atoms with Crippen molar-refractivity contribution in [2.75, 3.05) is 0 Å². The van der Waals surface area contributed by atoms with Gasteiger partial charge >= 0.3 is 5.97 Å². The minimum absolute atomic E-state index is 0.0989. The molecule has 0 atom stereocenters. The molecule has 0 bridgehead atoms. The van der Waals surface area contributed by atoms with Gasteiger partial charge in [-0.25, -0.2) is 9.78 Å². The van der Waals surface area contributed by atoms with E-state index in [9.17, 15) is 9.59 Å². The summed E-state index contributed by atoms with van der Waals surface area (Å²) in [7, 11) is 0. The van der Waals surface area contributed by atoms with Crippen molar-refractivity contribution in [2.24, 2.45) is 5.73 Å². The number of primary amides is 1. The molecule has 7 heteroatoms. The number of nitrogens with zero attached hydrogens (tertiary/aromatic N) is 1. The number of benzene rings is 2. The maximum Gasteiger partial charge on any atom is 0.350 e. The van der Waals surface area contributed by atoms with Gasteiger partial charge in [0.1, 0.15) is 16.5 Å². The second-order valence-corrected chi connectivity index (χ2v) is 7.02. The molecule has 2 aromatic carbocycles. The van der Waals surface area contributed by atoms with E-state index in [-0.39, 0.29) is 6.61 Å². The minimum atomic E-state index is -0.498. The highest BCUT2D eigenvalue weighted by Crippen LogP contribution is 2.30. The molecule has 1 aromatic heterocycles. The fourth-order valence-corrected chi connectivity index (χ4v) is 3.46. The van der Waals surface area contributed by atoms with E-state index in [2.05, 4.69) is 4.98 Å². The third kappa shape index (κ3) is 4.09. The lowest BCUT2D eigenvalue weighted by Crippen LogP contribution is -2.10. The topological polar surface area (TPSA) is 82.3 Å². The zero-order chi connectivity index (χ0) is 18.7. The van der Waals surface area contributed by atoms with Crippen molar-refractivity contribution in [3.63, 3.8) is 0 Å². The molecule has 132 valence electrons. The van der Waals surface area contributed by atoms with E-state index in [1.807, 2.05) is 12.1 Å². The Morgan fingerprint density at radius 1 is 1.19 bits per heavy atom. The summed E-state index contributed by atoms with van der Waals surface area (Å²) < 4.78 is 5.36. The number of hydrogen-bond acceptors (Lipinski definition) is 5. The van der Waals surface area contributed by atoms with Gasteiger partial charge in [-0.05, 0) is 36.8 Å². The predicted octanol–water partition coefficient (Wildman–Crippen LogP) is 4.23. The molecule has 5 nitrogen and oxygen atoms in total. The number of rotatable bonds is 5. The summed E-state index contributed by atoms with van der Waals surface area (Å²) in [6.07, 6.45) is 0. The van der Waals surface area contributed by atoms with Crippen LogP contribution < -0.4 is 5.73 Å². The van der Waals surface area contributed by atoms with E-state index >= 15 is 0 Å². The zero-order valence-electron chi connectivity index (χ0n) is 13.9. The molecular formula is C19H15ClN2O3S. The monoisotopic (exact) mass is 386 g/mol. The molecule has 0 unspecified atom stereocenters. The number of amides is 1. The summed E-state index contributed by atoms with van der Waals surface area (Å²) in [6.45, 7) is 1.87. The Hall–Kier alpha value is -2.70. The second-order valence-electron chi connectivity index (χ2n) is 5.58. The number of esters is 1. The molecule has 0 spiro atoms. The predicted molar refractivity (Wildman–Crippen MR) is 101 cm³/mol. The normalized spacial score (nSPS) is 10.5. The van der Waals surface area contributed by atoms with Gasteiger partial charge in [-0.1, -0.05) is 35.9 Å². The van der Waals surface area contributed by atoms with Crippen molar-refractivity contribution in [1.82, 2.24) is 4.98 Å². The smallest absolute Gasteiger partial charge is 0.350 e. The second kappa shape index (κ2) is 7.68. The maximum absolute atomic E-state index is 12.4. The maximum atomic E-state index is 12.4. The van der Waals surface area contributed by atoms with Gasteiger partial charge in [0.15, 0.2) is 0 Å². The van der Waals surface area contributed by atoms with Crippen LogP contribution in [0.2, 0.25) is 5.02 Å². The van der Waals surface area contributed by atoms with E-state index in [0.29, 0.717) is 26.2 Å². The molecule has 0 saturated heterocycles. The van der Waals surface area contributed by atoms with E-state index in [1.165, 1.54) is 11.3 Å². The molecule has 1 amide bonds. The Balaban J connectivity index is 1.71. The third-order valence-corrected chi connectivity index (χ3v) is 5.08. The molecular weight excluding hydrogens is 372 g/mol. The number of carbonyl (C=O) groups excluding carboxylic acids is 2. The van der Waals surface area contributed by atoms with Crippen LogP contribution in [0.4, 0.5) is 0 Å². The summed E-state index contributed by atoms with van der Waals surface area (Å²) in [5.41, 5.74) is 7.84. The summed E-state index contributed by atoms with van der Waals surface area (Å²) in [4.78, 5) is 28.3. The van der Waals surface area contributed by atoms with Crippen LogP contribution in [0.5, 0.6) is 0 Å². The molecule has 3 rings (SSSR count). The number of aromatic nitrogens is 1. The number of hydrogen-bond donors (Lipinski definition) is 1. The minimum Gasteiger partial charge on any atom is -0.457 e. The third-order valence-electron chi connectivity index (χ3n) is 3.66. The van der Waals surface area contributed by atoms with Gasteiger partial charge in [0, 0.05) is 16.1 Å². The van der Waals surface area contributed by atoms with E-state index in [0.717, 1.165) is 11.1 Å². The molecule has 1 heterocycles. The van der Waals surface area contributed by atoms with Crippen molar-refractivity contribution >= 4 is 34.8 Å². The first-order valence-electron chi connectivity index (χ1n) is 7.73. The van der Waals surface area contributed by atoms with Crippen molar-refractivity contribution in [1.29, 1.82) is 0 Å². The zero-order valence-corrected chi connectivity index (χ0v) is 15.4. The van der Waals surface area contributed by atoms with Crippen molar-refractivity contribution in [3.8, 4) is 10.6 Å². The van der Waals surface area contributed by atoms with Crippen LogP contribution >= 0.6 is 22.9 Å². The first-order valence-corrected chi connectivity index (χ1v) is 8.92. The highest BCUT2D eigenvalue weighted by atomic mass is 35.5. The van der Waals surface area contributed by atoms with Crippen molar-refractivity contribution in [3.05, 3.63) is 75.3 Å². The van der Waals surface area contributed by atoms with Gasteiger partial charge < -0.3 is 10.5 Å². The summed E-state index contributed by atoms with van der Waals surface area (Å²) in [5, 5.41) is 1.32. The lowest BCUT2D eigenvalue weighted by Gasteiger charge is -2.04. The summed E-state index contributed by atoms with van der Waals surface area (Å²) in [5.74, 6) is -0.936. The average Bonchev–Trinajstić information content (AvgIpc) is 3.02. The molecule has 0 aliphatic rings. The van der Waals surface area contributed by atoms with Gasteiger partial charge in [-0.3, -0.25) is 4.79 Å². The van der Waals surface area contributed by atoms with E-state index in [4.69, 9.17) is 22.1 Å². The number of thiazole rings is 1. The Labute approximate surface area is 159 Å². The van der Waals surface area contributed by atoms with Gasteiger partial charge in [0.25, 0.3) is 0 Å². The van der Waals surface area contributed by atoms with Crippen LogP contribution in [-0.2, 0) is 11.3 Å². The van der Waals surface area contributed by atoms with Gasteiger partial charge in [-0.15, -0.1) is 11.3 Å². The fraction of sp³-hybridized carbons (Fsp3) is 0.105. The van der Waals surface area contributed by atoms with Crippen LogP contribution in [0.1, 0.15) is 31.3 Å². The standard InChI is InChI=1S/C19H15ClN2O3S/c1-11-16(26-18(22-11)14-3-2-4-15(20)9-14)19(24)25-10-12-5-7-13(8-6-12)17(21)23/h2-9H,10H2,1H3,(H2,21,23). The Kier molecular flexibility index (Phi) is 5.35. The lowest BCUT2D eigenvalue weighted by molar-refractivity contribution is 0.0477. The molecule has 0 aliphatic heterocycles. The molecule has 26 heavy (non-hydrogen) atoms. The first kappa shape index (κ1) is 18.1. The molecule has 3 aromatic rings. The first-order chi connectivity index (χ1) is 12.4. The van der Waals surface area contributed by atoms with Crippen LogP contribution in [0.25, 0.3) is 10.6 Å². The number of halogens is 1. The summed E-state index contributed by atoms with van der Waals surface area (Å²) >= 11 is 7.27. The highest BCUT2D eigenvalue weighted by molar-refractivity contribution is 7.17. The van der Waals surface area contributed by atoms with Gasteiger partial charge in [-0.2, -0.15) is 0 Å². The quantitative estimate of drug-likeness (QED) is 0.665. The number of carbonyl (C=O) groups is 2. The Morgan fingerprint density at radius 3 is 2.58 bits per heavy atom. The fourth-order valence-electron chi connectivity index (χ4n) is 2.31. The SMILES string of the molecule is Cc1nc(-c2cccc(Cl)c2)sc1C(=O)OCc1ccc(C(N)=O)cc1. The van der Waals surface area contributed by atoms with Gasteiger partial charge in [0.2, 0.25) is 5.91 Å². The molecule has 0 fully saturated rings. The van der Waals surface area contributed by atoms with Crippen molar-refractivity contribution in [2.45, 2.75) is 13.5 Å². The number of aryl methyl sites for hydroxylation is 1. The van der Waals surface area contributed by atoms with Crippen LogP contribution in [0.3, 0.4) is 0 Å². The highest BCUT2D eigenvalue weighted by Gasteiger charge is 2.18. The Morgan fingerprint density at radius 2 is 1.92 bits per heavy atom. The van der Waals surface area contributed by atoms with Crippen molar-refractivity contribution < 1.29 is 14.3 Å². The Bertz CT molecular complexity index is 967.